The van der Waals surface area contributed by atoms with Crippen molar-refractivity contribution in [1.82, 2.24) is 4.31 Å². The van der Waals surface area contributed by atoms with Gasteiger partial charge in [0.15, 0.2) is 0 Å². The first-order valence-electron chi connectivity index (χ1n) is 5.04. The molecule has 1 rings (SSSR count). The molecule has 0 spiro atoms. The minimum atomic E-state index is -0.683. The summed E-state index contributed by atoms with van der Waals surface area (Å²) < 4.78 is 13.6. The Labute approximate surface area is 84.3 Å². The summed E-state index contributed by atoms with van der Waals surface area (Å²) in [6.45, 7) is 11.0. The highest BCUT2D eigenvalue weighted by atomic mass is 32.2. The van der Waals surface area contributed by atoms with Crippen molar-refractivity contribution in [1.29, 1.82) is 0 Å². The minimum absolute atomic E-state index is 0.326. The fourth-order valence-electron chi connectivity index (χ4n) is 1.35. The third-order valence-corrected chi connectivity index (χ3v) is 4.52. The van der Waals surface area contributed by atoms with Crippen LogP contribution in [-0.4, -0.2) is 27.4 Å². The van der Waals surface area contributed by atoms with E-state index in [0.717, 1.165) is 25.3 Å². The van der Waals surface area contributed by atoms with Crippen LogP contribution in [0.15, 0.2) is 0 Å². The molecule has 0 amide bonds. The highest BCUT2D eigenvalue weighted by molar-refractivity contribution is 7.82. The maximum Gasteiger partial charge on any atom is 0.0943 e. The van der Waals surface area contributed by atoms with Gasteiger partial charge >= 0.3 is 0 Å². The van der Waals surface area contributed by atoms with E-state index < -0.39 is 11.0 Å². The molecular weight excluding hydrogens is 182 g/mol. The predicted molar refractivity (Wildman–Crippen MR) is 57.8 cm³/mol. The first-order valence-corrected chi connectivity index (χ1v) is 6.32. The van der Waals surface area contributed by atoms with Crippen molar-refractivity contribution < 1.29 is 4.21 Å². The lowest BCUT2D eigenvalue weighted by atomic mass is 9.82. The Hall–Kier alpha value is 0.110. The maximum absolute atomic E-state index is 11.5. The molecule has 0 aromatic rings. The first kappa shape index (κ1) is 11.2. The van der Waals surface area contributed by atoms with Crippen LogP contribution >= 0.6 is 0 Å². The van der Waals surface area contributed by atoms with Crippen molar-refractivity contribution in [3.8, 4) is 0 Å². The van der Waals surface area contributed by atoms with E-state index in [1.807, 2.05) is 0 Å². The molecule has 0 aromatic heterocycles. The van der Waals surface area contributed by atoms with Gasteiger partial charge in [-0.15, -0.1) is 0 Å². The molecule has 0 radical (unpaired) electrons. The molecule has 1 heterocycles. The van der Waals surface area contributed by atoms with E-state index in [4.69, 9.17) is 0 Å². The van der Waals surface area contributed by atoms with Gasteiger partial charge in [-0.1, -0.05) is 27.7 Å². The van der Waals surface area contributed by atoms with Crippen LogP contribution < -0.4 is 0 Å². The molecule has 0 aliphatic carbocycles. The lowest BCUT2D eigenvalue weighted by molar-refractivity contribution is 0.222. The normalized spacial score (nSPS) is 27.8. The van der Waals surface area contributed by atoms with E-state index in [2.05, 4.69) is 32.0 Å². The van der Waals surface area contributed by atoms with E-state index in [-0.39, 0.29) is 0 Å². The molecule has 13 heavy (non-hydrogen) atoms. The molecule has 1 aliphatic heterocycles. The second kappa shape index (κ2) is 4.09. The molecule has 0 aromatic carbocycles. The monoisotopic (exact) mass is 203 g/mol. The van der Waals surface area contributed by atoms with Crippen molar-refractivity contribution in [2.24, 2.45) is 11.3 Å². The lowest BCUT2D eigenvalue weighted by Gasteiger charge is -2.30. The highest BCUT2D eigenvalue weighted by Crippen LogP contribution is 2.27. The summed E-state index contributed by atoms with van der Waals surface area (Å²) >= 11 is 0. The SMILES string of the molecule is C[C@H](CN1CCCS1=O)C(C)(C)C. The molecule has 1 unspecified atom stereocenters. The van der Waals surface area contributed by atoms with Gasteiger partial charge < -0.3 is 0 Å². The van der Waals surface area contributed by atoms with E-state index in [9.17, 15) is 4.21 Å². The molecule has 1 saturated heterocycles. The molecule has 78 valence electrons. The van der Waals surface area contributed by atoms with Crippen LogP contribution in [0.2, 0.25) is 0 Å². The zero-order valence-electron chi connectivity index (χ0n) is 9.17. The first-order chi connectivity index (χ1) is 5.91. The highest BCUT2D eigenvalue weighted by Gasteiger charge is 2.27. The summed E-state index contributed by atoms with van der Waals surface area (Å²) in [5.74, 6) is 1.48. The number of rotatable bonds is 2. The van der Waals surface area contributed by atoms with E-state index in [1.165, 1.54) is 0 Å². The Morgan fingerprint density at radius 2 is 2.08 bits per heavy atom. The smallest absolute Gasteiger partial charge is 0.0943 e. The van der Waals surface area contributed by atoms with Crippen LogP contribution in [0.4, 0.5) is 0 Å². The maximum atomic E-state index is 11.5. The zero-order valence-corrected chi connectivity index (χ0v) is 9.99. The number of nitrogens with zero attached hydrogens (tertiary/aromatic N) is 1. The molecule has 1 fully saturated rings. The molecule has 2 nitrogen and oxygen atoms in total. The lowest BCUT2D eigenvalue weighted by Crippen LogP contribution is -2.32. The van der Waals surface area contributed by atoms with Crippen molar-refractivity contribution in [2.45, 2.75) is 34.1 Å². The fourth-order valence-corrected chi connectivity index (χ4v) is 2.71. The van der Waals surface area contributed by atoms with Crippen LogP contribution in [0.25, 0.3) is 0 Å². The van der Waals surface area contributed by atoms with Crippen molar-refractivity contribution in [3.63, 3.8) is 0 Å². The van der Waals surface area contributed by atoms with Crippen molar-refractivity contribution in [3.05, 3.63) is 0 Å². The predicted octanol–water partition coefficient (Wildman–Crippen LogP) is 2.04. The van der Waals surface area contributed by atoms with Crippen LogP contribution in [0.5, 0.6) is 0 Å². The molecule has 3 heteroatoms. The summed E-state index contributed by atoms with van der Waals surface area (Å²) in [5.41, 5.74) is 0.326. The second-order valence-corrected chi connectivity index (χ2v) is 6.60. The van der Waals surface area contributed by atoms with E-state index in [1.54, 1.807) is 0 Å². The average molecular weight is 203 g/mol. The summed E-state index contributed by atoms with van der Waals surface area (Å²) in [6, 6.07) is 0. The van der Waals surface area contributed by atoms with Crippen LogP contribution in [0.3, 0.4) is 0 Å². The third kappa shape index (κ3) is 3.06. The van der Waals surface area contributed by atoms with Gasteiger partial charge in [-0.2, -0.15) is 0 Å². The van der Waals surface area contributed by atoms with Gasteiger partial charge in [-0.05, 0) is 17.8 Å². The van der Waals surface area contributed by atoms with Crippen LogP contribution in [0, 0.1) is 11.3 Å². The Balaban J connectivity index is 2.44. The van der Waals surface area contributed by atoms with E-state index >= 15 is 0 Å². The quantitative estimate of drug-likeness (QED) is 0.672. The fraction of sp³-hybridized carbons (Fsp3) is 1.00. The standard InChI is InChI=1S/C10H21NOS/c1-9(10(2,3)4)8-11-6-5-7-13(11)12/h9H,5-8H2,1-4H3/t9-,13?/m1/s1. The molecule has 1 aliphatic rings. The summed E-state index contributed by atoms with van der Waals surface area (Å²) in [4.78, 5) is 0. The molecule has 0 N–H and O–H groups in total. The Morgan fingerprint density at radius 3 is 2.46 bits per heavy atom. The molecule has 0 bridgehead atoms. The topological polar surface area (TPSA) is 20.3 Å². The molecule has 2 atom stereocenters. The van der Waals surface area contributed by atoms with Crippen LogP contribution in [-0.2, 0) is 11.0 Å². The Morgan fingerprint density at radius 1 is 1.46 bits per heavy atom. The van der Waals surface area contributed by atoms with Gasteiger partial charge in [-0.3, -0.25) is 0 Å². The number of hydrogen-bond donors (Lipinski definition) is 0. The van der Waals surface area contributed by atoms with Crippen LogP contribution in [0.1, 0.15) is 34.1 Å². The van der Waals surface area contributed by atoms with E-state index in [0.29, 0.717) is 11.3 Å². The van der Waals surface area contributed by atoms with Gasteiger partial charge in [0.2, 0.25) is 0 Å². The largest absolute Gasteiger partial charge is 0.243 e. The molecular formula is C10H21NOS. The van der Waals surface area contributed by atoms with Gasteiger partial charge in [0, 0.05) is 18.8 Å². The average Bonchev–Trinajstić information content (AvgIpc) is 2.34. The minimum Gasteiger partial charge on any atom is -0.243 e. The molecule has 0 saturated carbocycles. The van der Waals surface area contributed by atoms with Gasteiger partial charge in [0.25, 0.3) is 0 Å². The Bertz CT molecular complexity index is 198. The van der Waals surface area contributed by atoms with Crippen molar-refractivity contribution >= 4 is 11.0 Å². The Kier molecular flexibility index (Phi) is 3.52. The van der Waals surface area contributed by atoms with Gasteiger partial charge in [-0.25, -0.2) is 8.51 Å². The summed E-state index contributed by atoms with van der Waals surface area (Å²) in [6.07, 6.45) is 1.10. The third-order valence-electron chi connectivity index (χ3n) is 2.97. The summed E-state index contributed by atoms with van der Waals surface area (Å²) in [5, 5.41) is 0. The second-order valence-electron chi connectivity index (χ2n) is 5.03. The van der Waals surface area contributed by atoms with Crippen molar-refractivity contribution in [2.75, 3.05) is 18.8 Å². The van der Waals surface area contributed by atoms with Gasteiger partial charge in [0.05, 0.1) is 11.0 Å². The zero-order chi connectivity index (χ0) is 10.1. The van der Waals surface area contributed by atoms with Gasteiger partial charge in [0.1, 0.15) is 0 Å². The number of hydrogen-bond acceptors (Lipinski definition) is 1. The summed E-state index contributed by atoms with van der Waals surface area (Å²) in [7, 11) is -0.683.